The van der Waals surface area contributed by atoms with Gasteiger partial charge in [-0.25, -0.2) is 0 Å². The van der Waals surface area contributed by atoms with E-state index in [1.54, 1.807) is 14.2 Å². The molecule has 5 nitrogen and oxygen atoms in total. The highest BCUT2D eigenvalue weighted by molar-refractivity contribution is 5.52. The lowest BCUT2D eigenvalue weighted by Gasteiger charge is -2.28. The number of benzene rings is 1. The molecule has 0 aliphatic carbocycles. The highest BCUT2D eigenvalue weighted by Crippen LogP contribution is 2.37. The molecular weight excluding hydrogens is 268 g/mol. The Morgan fingerprint density at radius 3 is 2.38 bits per heavy atom. The minimum Gasteiger partial charge on any atom is -0.502 e. The van der Waals surface area contributed by atoms with Gasteiger partial charge in [-0.15, -0.1) is 0 Å². The highest BCUT2D eigenvalue weighted by atomic mass is 16.5. The maximum atomic E-state index is 9.98. The third-order valence-electron chi connectivity index (χ3n) is 4.11. The zero-order chi connectivity index (χ0) is 15.4. The van der Waals surface area contributed by atoms with E-state index < -0.39 is 0 Å². The van der Waals surface area contributed by atoms with Crippen molar-refractivity contribution in [2.75, 3.05) is 40.9 Å². The number of hydrogen-bond donors (Lipinski definition) is 1. The monoisotopic (exact) mass is 294 g/mol. The first-order valence-corrected chi connectivity index (χ1v) is 7.41. The van der Waals surface area contributed by atoms with E-state index in [0.717, 1.165) is 31.7 Å². The summed E-state index contributed by atoms with van der Waals surface area (Å²) in [6.45, 7) is 6.39. The van der Waals surface area contributed by atoms with Gasteiger partial charge in [-0.05, 0) is 44.6 Å². The van der Waals surface area contributed by atoms with E-state index in [9.17, 15) is 5.11 Å². The van der Waals surface area contributed by atoms with Crippen LogP contribution in [0.25, 0.3) is 0 Å². The Morgan fingerprint density at radius 2 is 1.81 bits per heavy atom. The summed E-state index contributed by atoms with van der Waals surface area (Å²) >= 11 is 0. The molecule has 1 heterocycles. The molecule has 1 aliphatic heterocycles. The van der Waals surface area contributed by atoms with Crippen molar-refractivity contribution in [1.82, 2.24) is 9.80 Å². The Hall–Kier alpha value is -1.46. The van der Waals surface area contributed by atoms with E-state index in [2.05, 4.69) is 23.8 Å². The smallest absolute Gasteiger partial charge is 0.200 e. The number of phenols is 1. The van der Waals surface area contributed by atoms with Crippen molar-refractivity contribution < 1.29 is 14.6 Å². The number of phenolic OH excluding ortho intramolecular Hbond substituents is 1. The fourth-order valence-corrected chi connectivity index (χ4v) is 2.93. The van der Waals surface area contributed by atoms with E-state index >= 15 is 0 Å². The SMILES string of the molecule is COc1cc(CN2CCCN(C)CC2C)cc(OC)c1O. The zero-order valence-electron chi connectivity index (χ0n) is 13.4. The van der Waals surface area contributed by atoms with E-state index in [0.29, 0.717) is 17.5 Å². The third-order valence-corrected chi connectivity index (χ3v) is 4.11. The van der Waals surface area contributed by atoms with Gasteiger partial charge in [0.2, 0.25) is 5.75 Å². The van der Waals surface area contributed by atoms with E-state index in [1.165, 1.54) is 6.42 Å². The van der Waals surface area contributed by atoms with Gasteiger partial charge in [-0.1, -0.05) is 0 Å². The number of nitrogens with zero attached hydrogens (tertiary/aromatic N) is 2. The highest BCUT2D eigenvalue weighted by Gasteiger charge is 2.21. The van der Waals surface area contributed by atoms with Crippen LogP contribution in [0.2, 0.25) is 0 Å². The summed E-state index contributed by atoms with van der Waals surface area (Å²) in [7, 11) is 5.29. The van der Waals surface area contributed by atoms with Crippen LogP contribution in [0, 0.1) is 0 Å². The Labute approximate surface area is 127 Å². The van der Waals surface area contributed by atoms with Crippen molar-refractivity contribution >= 4 is 0 Å². The van der Waals surface area contributed by atoms with Crippen molar-refractivity contribution in [2.45, 2.75) is 25.9 Å². The number of aromatic hydroxyl groups is 1. The van der Waals surface area contributed by atoms with Crippen LogP contribution in [-0.4, -0.2) is 61.8 Å². The van der Waals surface area contributed by atoms with Crippen LogP contribution in [0.15, 0.2) is 12.1 Å². The van der Waals surface area contributed by atoms with Crippen LogP contribution in [0.1, 0.15) is 18.9 Å². The van der Waals surface area contributed by atoms with Crippen LogP contribution >= 0.6 is 0 Å². The molecule has 0 bridgehead atoms. The zero-order valence-corrected chi connectivity index (χ0v) is 13.4. The molecule has 0 aromatic heterocycles. The largest absolute Gasteiger partial charge is 0.502 e. The lowest BCUT2D eigenvalue weighted by Crippen LogP contribution is -2.37. The summed E-state index contributed by atoms with van der Waals surface area (Å²) in [4.78, 5) is 4.84. The molecule has 1 atom stereocenters. The van der Waals surface area contributed by atoms with Gasteiger partial charge in [-0.2, -0.15) is 0 Å². The number of methoxy groups -OCH3 is 2. The molecule has 1 aliphatic rings. The van der Waals surface area contributed by atoms with Crippen LogP contribution in [-0.2, 0) is 6.54 Å². The molecule has 0 saturated carbocycles. The van der Waals surface area contributed by atoms with Gasteiger partial charge in [0.1, 0.15) is 0 Å². The van der Waals surface area contributed by atoms with Gasteiger partial charge in [0, 0.05) is 25.7 Å². The summed E-state index contributed by atoms with van der Waals surface area (Å²) in [6, 6.07) is 4.28. The Bertz CT molecular complexity index is 454. The van der Waals surface area contributed by atoms with Crippen molar-refractivity contribution in [3.05, 3.63) is 17.7 Å². The molecule has 1 fully saturated rings. The molecule has 1 N–H and O–H groups in total. The predicted molar refractivity (Wildman–Crippen MR) is 83.2 cm³/mol. The number of likely N-dealkylation sites (N-methyl/N-ethyl adjacent to an activating group) is 1. The number of hydrogen-bond acceptors (Lipinski definition) is 5. The molecule has 0 amide bonds. The van der Waals surface area contributed by atoms with Gasteiger partial charge in [0.25, 0.3) is 0 Å². The maximum Gasteiger partial charge on any atom is 0.200 e. The topological polar surface area (TPSA) is 45.2 Å². The third kappa shape index (κ3) is 3.80. The molecule has 1 saturated heterocycles. The molecule has 5 heteroatoms. The fraction of sp³-hybridized carbons (Fsp3) is 0.625. The second kappa shape index (κ2) is 7.00. The molecule has 1 unspecified atom stereocenters. The van der Waals surface area contributed by atoms with Gasteiger partial charge in [-0.3, -0.25) is 4.90 Å². The predicted octanol–water partition coefficient (Wildman–Crippen LogP) is 1.94. The Morgan fingerprint density at radius 1 is 1.19 bits per heavy atom. The summed E-state index contributed by atoms with van der Waals surface area (Å²) < 4.78 is 10.5. The maximum absolute atomic E-state index is 9.98. The molecule has 1 aromatic carbocycles. The van der Waals surface area contributed by atoms with Crippen molar-refractivity contribution in [2.24, 2.45) is 0 Å². The molecular formula is C16H26N2O3. The summed E-state index contributed by atoms with van der Waals surface area (Å²) in [5, 5.41) is 9.98. The van der Waals surface area contributed by atoms with Crippen molar-refractivity contribution in [3.8, 4) is 17.2 Å². The molecule has 0 radical (unpaired) electrons. The van der Waals surface area contributed by atoms with E-state index in [1.807, 2.05) is 12.1 Å². The second-order valence-electron chi connectivity index (χ2n) is 5.78. The summed E-state index contributed by atoms with van der Waals surface area (Å²) in [5.74, 6) is 0.986. The average molecular weight is 294 g/mol. The first kappa shape index (κ1) is 15.9. The first-order valence-electron chi connectivity index (χ1n) is 7.41. The number of rotatable bonds is 4. The van der Waals surface area contributed by atoms with Crippen LogP contribution in [0.3, 0.4) is 0 Å². The minimum absolute atomic E-state index is 0.0624. The molecule has 21 heavy (non-hydrogen) atoms. The van der Waals surface area contributed by atoms with Crippen LogP contribution in [0.4, 0.5) is 0 Å². The Kier molecular flexibility index (Phi) is 5.31. The summed E-state index contributed by atoms with van der Waals surface area (Å²) in [5.41, 5.74) is 1.10. The van der Waals surface area contributed by atoms with Gasteiger partial charge < -0.3 is 19.5 Å². The fourth-order valence-electron chi connectivity index (χ4n) is 2.93. The minimum atomic E-state index is 0.0624. The normalized spacial score (nSPS) is 21.0. The van der Waals surface area contributed by atoms with E-state index in [4.69, 9.17) is 9.47 Å². The second-order valence-corrected chi connectivity index (χ2v) is 5.78. The van der Waals surface area contributed by atoms with Crippen LogP contribution in [0.5, 0.6) is 17.2 Å². The summed E-state index contributed by atoms with van der Waals surface area (Å²) in [6.07, 6.45) is 1.17. The lowest BCUT2D eigenvalue weighted by atomic mass is 10.1. The van der Waals surface area contributed by atoms with Gasteiger partial charge in [0.15, 0.2) is 11.5 Å². The van der Waals surface area contributed by atoms with E-state index in [-0.39, 0.29) is 5.75 Å². The molecule has 118 valence electrons. The molecule has 2 rings (SSSR count). The quantitative estimate of drug-likeness (QED) is 0.919. The van der Waals surface area contributed by atoms with Gasteiger partial charge >= 0.3 is 0 Å². The average Bonchev–Trinajstić information content (AvgIpc) is 2.61. The molecule has 1 aromatic rings. The molecule has 0 spiro atoms. The Balaban J connectivity index is 2.18. The lowest BCUT2D eigenvalue weighted by molar-refractivity contribution is 0.194. The van der Waals surface area contributed by atoms with Crippen LogP contribution < -0.4 is 9.47 Å². The van der Waals surface area contributed by atoms with Gasteiger partial charge in [0.05, 0.1) is 14.2 Å². The van der Waals surface area contributed by atoms with Crippen molar-refractivity contribution in [3.63, 3.8) is 0 Å². The van der Waals surface area contributed by atoms with Crippen molar-refractivity contribution in [1.29, 1.82) is 0 Å². The first-order chi connectivity index (χ1) is 10.0. The standard InChI is InChI=1S/C16H26N2O3/c1-12-10-17(2)6-5-7-18(12)11-13-8-14(20-3)16(19)15(9-13)21-4/h8-9,12,19H,5-7,10-11H2,1-4H3. The number of ether oxygens (including phenoxy) is 2.